The van der Waals surface area contributed by atoms with Crippen molar-refractivity contribution in [3.05, 3.63) is 47.3 Å². The Kier molecular flexibility index (Phi) is 8.30. The molecule has 1 fully saturated rings. The van der Waals surface area contributed by atoms with E-state index in [0.717, 1.165) is 16.7 Å². The van der Waals surface area contributed by atoms with Gasteiger partial charge in [0.25, 0.3) is 0 Å². The lowest BCUT2D eigenvalue weighted by Gasteiger charge is -2.34. The molecule has 1 saturated heterocycles. The van der Waals surface area contributed by atoms with E-state index < -0.39 is 10.0 Å². The van der Waals surface area contributed by atoms with E-state index in [1.54, 1.807) is 23.4 Å². The third kappa shape index (κ3) is 5.93. The standard InChI is InChI=1S/C25H37N5O3S/c1-17(2)20-14-21(18(3)4)24(22(15-20)19(5)6)34(32,33)28-16-23(31)29-10-12-30(13-11-29)25-26-8-7-9-27-25/h7-9,14-15,17-19,28H,10-13,16H2,1-6H3. The maximum atomic E-state index is 13.5. The summed E-state index contributed by atoms with van der Waals surface area (Å²) in [5.74, 6) is 0.774. The predicted molar refractivity (Wildman–Crippen MR) is 135 cm³/mol. The Hall–Kier alpha value is -2.52. The molecule has 1 aromatic carbocycles. The van der Waals surface area contributed by atoms with Gasteiger partial charge in [0.1, 0.15) is 0 Å². The smallest absolute Gasteiger partial charge is 0.241 e. The normalized spacial score (nSPS) is 15.0. The van der Waals surface area contributed by atoms with Crippen LogP contribution in [0.4, 0.5) is 5.95 Å². The molecule has 1 amide bonds. The molecule has 0 bridgehead atoms. The monoisotopic (exact) mass is 487 g/mol. The van der Waals surface area contributed by atoms with E-state index in [2.05, 4.69) is 28.5 Å². The van der Waals surface area contributed by atoms with Crippen molar-refractivity contribution in [1.82, 2.24) is 19.6 Å². The lowest BCUT2D eigenvalue weighted by molar-refractivity contribution is -0.130. The van der Waals surface area contributed by atoms with Crippen LogP contribution in [0.2, 0.25) is 0 Å². The molecule has 0 saturated carbocycles. The van der Waals surface area contributed by atoms with Gasteiger partial charge in [-0.2, -0.15) is 0 Å². The molecule has 1 N–H and O–H groups in total. The average molecular weight is 488 g/mol. The van der Waals surface area contributed by atoms with Crippen molar-refractivity contribution >= 4 is 21.9 Å². The van der Waals surface area contributed by atoms with Crippen LogP contribution in [0.5, 0.6) is 0 Å². The summed E-state index contributed by atoms with van der Waals surface area (Å²) in [6, 6.07) is 5.77. The highest BCUT2D eigenvalue weighted by Gasteiger charge is 2.29. The van der Waals surface area contributed by atoms with E-state index in [0.29, 0.717) is 42.9 Å². The summed E-state index contributed by atoms with van der Waals surface area (Å²) in [6.45, 7) is 14.2. The summed E-state index contributed by atoms with van der Waals surface area (Å²) in [7, 11) is -3.87. The van der Waals surface area contributed by atoms with Gasteiger partial charge in [0.2, 0.25) is 21.9 Å². The highest BCUT2D eigenvalue weighted by molar-refractivity contribution is 7.89. The molecule has 1 aliphatic rings. The van der Waals surface area contributed by atoms with Crippen molar-refractivity contribution in [2.75, 3.05) is 37.6 Å². The summed E-state index contributed by atoms with van der Waals surface area (Å²) in [5.41, 5.74) is 2.72. The van der Waals surface area contributed by atoms with Crippen LogP contribution in [0.25, 0.3) is 0 Å². The van der Waals surface area contributed by atoms with Crippen LogP contribution in [0, 0.1) is 0 Å². The number of rotatable bonds is 8. The molecule has 0 atom stereocenters. The molecule has 8 nitrogen and oxygen atoms in total. The predicted octanol–water partition coefficient (Wildman–Crippen LogP) is 3.47. The fraction of sp³-hybridized carbons (Fsp3) is 0.560. The SMILES string of the molecule is CC(C)c1cc(C(C)C)c(S(=O)(=O)NCC(=O)N2CCN(c3ncccn3)CC2)c(C(C)C)c1. The van der Waals surface area contributed by atoms with Crippen molar-refractivity contribution < 1.29 is 13.2 Å². The van der Waals surface area contributed by atoms with E-state index in [1.807, 2.05) is 44.7 Å². The van der Waals surface area contributed by atoms with Gasteiger partial charge in [0, 0.05) is 38.6 Å². The van der Waals surface area contributed by atoms with Gasteiger partial charge in [-0.1, -0.05) is 53.7 Å². The first-order valence-corrected chi connectivity index (χ1v) is 13.5. The van der Waals surface area contributed by atoms with E-state index in [1.165, 1.54) is 0 Å². The first-order valence-electron chi connectivity index (χ1n) is 12.0. The number of hydrogen-bond donors (Lipinski definition) is 1. The maximum Gasteiger partial charge on any atom is 0.241 e. The highest BCUT2D eigenvalue weighted by atomic mass is 32.2. The number of sulfonamides is 1. The second kappa shape index (κ2) is 10.8. The van der Waals surface area contributed by atoms with Crippen LogP contribution < -0.4 is 9.62 Å². The second-order valence-corrected chi connectivity index (χ2v) is 11.4. The fourth-order valence-electron chi connectivity index (χ4n) is 4.15. The molecule has 0 radical (unpaired) electrons. The van der Waals surface area contributed by atoms with Gasteiger partial charge in [-0.05, 0) is 40.5 Å². The molecule has 3 rings (SSSR count). The minimum Gasteiger partial charge on any atom is -0.338 e. The van der Waals surface area contributed by atoms with E-state index in [4.69, 9.17) is 0 Å². The van der Waals surface area contributed by atoms with Crippen molar-refractivity contribution in [3.63, 3.8) is 0 Å². The highest BCUT2D eigenvalue weighted by Crippen LogP contribution is 2.35. The van der Waals surface area contributed by atoms with Crippen LogP contribution in [-0.2, 0) is 14.8 Å². The molecule has 1 aliphatic heterocycles. The van der Waals surface area contributed by atoms with E-state index >= 15 is 0 Å². The summed E-state index contributed by atoms with van der Waals surface area (Å²) in [5, 5.41) is 0. The number of aromatic nitrogens is 2. The molecular formula is C25H37N5O3S. The Morgan fingerprint density at radius 2 is 1.44 bits per heavy atom. The van der Waals surface area contributed by atoms with Gasteiger partial charge >= 0.3 is 0 Å². The lowest BCUT2D eigenvalue weighted by Crippen LogP contribution is -2.51. The Balaban J connectivity index is 1.74. The molecule has 186 valence electrons. The summed E-state index contributed by atoms with van der Waals surface area (Å²) in [6.07, 6.45) is 3.39. The third-order valence-corrected chi connectivity index (χ3v) is 7.76. The zero-order chi connectivity index (χ0) is 25.0. The number of amides is 1. The number of benzene rings is 1. The van der Waals surface area contributed by atoms with E-state index in [-0.39, 0.29) is 24.3 Å². The lowest BCUT2D eigenvalue weighted by atomic mass is 9.89. The number of nitrogens with one attached hydrogen (secondary N) is 1. The minimum absolute atomic E-state index is 0.0340. The fourth-order valence-corrected chi connectivity index (χ4v) is 5.82. The number of carbonyl (C=O) groups is 1. The van der Waals surface area contributed by atoms with Gasteiger partial charge < -0.3 is 9.80 Å². The molecule has 0 aliphatic carbocycles. The number of nitrogens with zero attached hydrogens (tertiary/aromatic N) is 4. The zero-order valence-electron chi connectivity index (χ0n) is 21.1. The number of hydrogen-bond acceptors (Lipinski definition) is 6. The second-order valence-electron chi connectivity index (χ2n) is 9.73. The first kappa shape index (κ1) is 26.1. The molecule has 1 aromatic heterocycles. The van der Waals surface area contributed by atoms with Crippen LogP contribution in [0.3, 0.4) is 0 Å². The van der Waals surface area contributed by atoms with Crippen LogP contribution in [-0.4, -0.2) is 61.9 Å². The summed E-state index contributed by atoms with van der Waals surface area (Å²) < 4.78 is 29.6. The Morgan fingerprint density at radius 3 is 1.91 bits per heavy atom. The quantitative estimate of drug-likeness (QED) is 0.613. The van der Waals surface area contributed by atoms with Crippen LogP contribution >= 0.6 is 0 Å². The molecule has 2 aromatic rings. The van der Waals surface area contributed by atoms with E-state index in [9.17, 15) is 13.2 Å². The summed E-state index contributed by atoms with van der Waals surface area (Å²) in [4.78, 5) is 25.4. The van der Waals surface area contributed by atoms with Gasteiger partial charge in [0.15, 0.2) is 0 Å². The van der Waals surface area contributed by atoms with Gasteiger partial charge in [0.05, 0.1) is 11.4 Å². The largest absolute Gasteiger partial charge is 0.338 e. The molecule has 0 unspecified atom stereocenters. The number of anilines is 1. The van der Waals surface area contributed by atoms with Crippen molar-refractivity contribution in [2.24, 2.45) is 0 Å². The van der Waals surface area contributed by atoms with Gasteiger partial charge in [-0.3, -0.25) is 4.79 Å². The average Bonchev–Trinajstić information content (AvgIpc) is 2.82. The Labute approximate surface area is 203 Å². The first-order chi connectivity index (χ1) is 16.0. The third-order valence-electron chi connectivity index (χ3n) is 6.23. The molecule has 2 heterocycles. The Bertz CT molecular complexity index is 1060. The van der Waals surface area contributed by atoms with Crippen LogP contribution in [0.15, 0.2) is 35.5 Å². The van der Waals surface area contributed by atoms with Crippen molar-refractivity contribution in [3.8, 4) is 0 Å². The molecule has 0 spiro atoms. The topological polar surface area (TPSA) is 95.5 Å². The maximum absolute atomic E-state index is 13.5. The molecule has 9 heteroatoms. The number of piperazine rings is 1. The van der Waals surface area contributed by atoms with Gasteiger partial charge in [-0.25, -0.2) is 23.1 Å². The van der Waals surface area contributed by atoms with Crippen molar-refractivity contribution in [1.29, 1.82) is 0 Å². The zero-order valence-corrected chi connectivity index (χ0v) is 21.9. The van der Waals surface area contributed by atoms with Gasteiger partial charge in [-0.15, -0.1) is 0 Å². The van der Waals surface area contributed by atoms with Crippen LogP contribution in [0.1, 0.15) is 76.0 Å². The molecular weight excluding hydrogens is 450 g/mol. The molecule has 34 heavy (non-hydrogen) atoms. The van der Waals surface area contributed by atoms with Crippen molar-refractivity contribution in [2.45, 2.75) is 64.2 Å². The Morgan fingerprint density at radius 1 is 0.912 bits per heavy atom. The number of carbonyl (C=O) groups excluding carboxylic acids is 1. The minimum atomic E-state index is -3.87. The summed E-state index contributed by atoms with van der Waals surface area (Å²) >= 11 is 0.